The van der Waals surface area contributed by atoms with Crippen molar-refractivity contribution in [2.45, 2.75) is 233 Å². The zero-order chi connectivity index (χ0) is 40.6. The molecule has 328 valence electrons. The van der Waals surface area contributed by atoms with Gasteiger partial charge >= 0.3 is 5.97 Å². The lowest BCUT2D eigenvalue weighted by Crippen LogP contribution is -2.35. The van der Waals surface area contributed by atoms with Gasteiger partial charge in [-0.15, -0.1) is 11.8 Å². The Labute approximate surface area is 350 Å². The molecule has 9 atom stereocenters. The molecule has 4 rings (SSSR count). The summed E-state index contributed by atoms with van der Waals surface area (Å²) < 4.78 is 41.4. The van der Waals surface area contributed by atoms with Crippen molar-refractivity contribution in [2.24, 2.45) is 0 Å². The van der Waals surface area contributed by atoms with Gasteiger partial charge in [0.2, 0.25) is 0 Å². The maximum atomic E-state index is 12.9. The zero-order valence-electron chi connectivity index (χ0n) is 36.2. The summed E-state index contributed by atoms with van der Waals surface area (Å²) in [5, 5.41) is 10.8. The average molecular weight is 821 g/mol. The van der Waals surface area contributed by atoms with Crippen molar-refractivity contribution in [1.29, 1.82) is 0 Å². The summed E-state index contributed by atoms with van der Waals surface area (Å²) in [4.78, 5) is 14.0. The summed E-state index contributed by atoms with van der Waals surface area (Å²) >= 11 is 1.68. The number of unbranched alkanes of at least 4 members (excludes halogenated alkanes) is 12. The number of rotatable bonds is 33. The second-order valence-corrected chi connectivity index (χ2v) is 18.6. The summed E-state index contributed by atoms with van der Waals surface area (Å²) in [5.41, 5.74) is 0. The van der Waals surface area contributed by atoms with E-state index in [-0.39, 0.29) is 61.6 Å². The molecule has 0 saturated carbocycles. The summed E-state index contributed by atoms with van der Waals surface area (Å²) in [6, 6.07) is 10.2. The Morgan fingerprint density at radius 3 is 1.72 bits per heavy atom. The lowest BCUT2D eigenvalue weighted by atomic mass is 9.96. The monoisotopic (exact) mass is 821 g/mol. The highest BCUT2D eigenvalue weighted by atomic mass is 32.2. The van der Waals surface area contributed by atoms with Crippen LogP contribution in [0.2, 0.25) is 0 Å². The molecule has 3 saturated heterocycles. The van der Waals surface area contributed by atoms with Crippen LogP contribution in [0.15, 0.2) is 35.2 Å². The van der Waals surface area contributed by atoms with E-state index in [0.29, 0.717) is 6.79 Å². The molecule has 1 aromatic carbocycles. The fourth-order valence-corrected chi connectivity index (χ4v) is 10.6. The molecule has 0 aromatic heterocycles. The highest BCUT2D eigenvalue weighted by molar-refractivity contribution is 8.01. The minimum atomic E-state index is -0.472. The number of hydrogen-bond donors (Lipinski definition) is 1. The van der Waals surface area contributed by atoms with Gasteiger partial charge in [-0.1, -0.05) is 121 Å². The van der Waals surface area contributed by atoms with Crippen molar-refractivity contribution in [3.63, 3.8) is 0 Å². The third kappa shape index (κ3) is 17.7. The number of methoxy groups -OCH3 is 2. The number of aliphatic hydroxyl groups is 1. The van der Waals surface area contributed by atoms with Gasteiger partial charge in [0.25, 0.3) is 0 Å². The van der Waals surface area contributed by atoms with Crippen molar-refractivity contribution in [1.82, 2.24) is 0 Å². The van der Waals surface area contributed by atoms with Crippen LogP contribution < -0.4 is 0 Å². The zero-order valence-corrected chi connectivity index (χ0v) is 37.0. The van der Waals surface area contributed by atoms with Crippen LogP contribution in [0.5, 0.6) is 0 Å². The van der Waals surface area contributed by atoms with Gasteiger partial charge < -0.3 is 38.3 Å². The number of carbonyl (C=O) groups excluding carboxylic acids is 1. The molecule has 57 heavy (non-hydrogen) atoms. The van der Waals surface area contributed by atoms with Crippen LogP contribution >= 0.6 is 11.8 Å². The molecule has 0 unspecified atom stereocenters. The van der Waals surface area contributed by atoms with E-state index in [1.54, 1.807) is 26.0 Å². The Morgan fingerprint density at radius 1 is 0.702 bits per heavy atom. The highest BCUT2D eigenvalue weighted by Crippen LogP contribution is 2.46. The number of aliphatic hydroxyl groups excluding tert-OH is 1. The molecule has 0 aliphatic carbocycles. The third-order valence-corrected chi connectivity index (χ3v) is 13.7. The first kappa shape index (κ1) is 48.4. The van der Waals surface area contributed by atoms with Crippen molar-refractivity contribution in [2.75, 3.05) is 27.8 Å². The molecular weight excluding hydrogens is 741 g/mol. The first-order chi connectivity index (χ1) is 27.9. The fourth-order valence-electron chi connectivity index (χ4n) is 9.14. The van der Waals surface area contributed by atoms with E-state index in [0.717, 1.165) is 114 Å². The van der Waals surface area contributed by atoms with Crippen LogP contribution in [0.3, 0.4) is 0 Å². The van der Waals surface area contributed by atoms with Crippen molar-refractivity contribution in [3.8, 4) is 0 Å². The molecule has 3 fully saturated rings. The van der Waals surface area contributed by atoms with Crippen molar-refractivity contribution < 1.29 is 43.1 Å². The van der Waals surface area contributed by atoms with Gasteiger partial charge in [-0.25, -0.2) is 0 Å². The van der Waals surface area contributed by atoms with Crippen LogP contribution in [-0.2, 0) is 38.0 Å². The third-order valence-electron chi connectivity index (χ3n) is 12.3. The van der Waals surface area contributed by atoms with Gasteiger partial charge in [0.05, 0.1) is 42.7 Å². The molecule has 0 bridgehead atoms. The van der Waals surface area contributed by atoms with Gasteiger partial charge in [-0.2, -0.15) is 0 Å². The lowest BCUT2D eigenvalue weighted by Gasteiger charge is -2.27. The Morgan fingerprint density at radius 2 is 1.19 bits per heavy atom. The van der Waals surface area contributed by atoms with Gasteiger partial charge in [-0.3, -0.25) is 4.79 Å². The summed E-state index contributed by atoms with van der Waals surface area (Å²) in [7, 11) is 3.36. The number of ether oxygens (including phenoxy) is 7. The Bertz CT molecular complexity index is 1170. The SMILES string of the molecule is CCCCCCCCCC[C@@H](OCOC)[C@H]1CC[C@@H]([C@H]2CC[C@H]([C@@H](CCCC[C@H](O)CCCCCCC[C@@]3(Sc4ccccc4)C[C@H](C)OC3=O)OCOC)O2)O1. The summed E-state index contributed by atoms with van der Waals surface area (Å²) in [6.45, 7) is 4.83. The first-order valence-electron chi connectivity index (χ1n) is 23.0. The second-order valence-electron chi connectivity index (χ2n) is 17.1. The molecule has 0 spiro atoms. The van der Waals surface area contributed by atoms with Gasteiger partial charge in [0.15, 0.2) is 0 Å². The predicted octanol–water partition coefficient (Wildman–Crippen LogP) is 11.1. The second kappa shape index (κ2) is 28.3. The smallest absolute Gasteiger partial charge is 0.322 e. The molecule has 0 amide bonds. The standard InChI is InChI=1S/C47H80O9S/c1-5-6-7-8-9-10-13-19-27-40(52-35-50-3)42-29-31-44(55-42)45-32-30-43(56-45)41(53-36-51-4)28-21-20-24-38(48)23-16-12-11-14-22-33-47(34-37(2)54-46(47)49)57-39-25-17-15-18-26-39/h15,17-18,25-26,37-38,40-45,48H,5-14,16,19-24,27-36H2,1-4H3/t37-,38+,40+,41+,42+,43+,44-,45+,47+/m0/s1. The minimum Gasteiger partial charge on any atom is -0.462 e. The van der Waals surface area contributed by atoms with E-state index in [9.17, 15) is 9.90 Å². The molecule has 3 heterocycles. The summed E-state index contributed by atoms with van der Waals surface area (Å²) in [5.74, 6) is -0.0573. The lowest BCUT2D eigenvalue weighted by molar-refractivity contribution is -0.158. The van der Waals surface area contributed by atoms with E-state index in [1.165, 1.54) is 51.4 Å². The van der Waals surface area contributed by atoms with Gasteiger partial charge in [0.1, 0.15) is 24.4 Å². The number of hydrogen-bond acceptors (Lipinski definition) is 10. The quantitative estimate of drug-likeness (QED) is 0.0419. The number of carbonyl (C=O) groups is 1. The van der Waals surface area contributed by atoms with Gasteiger partial charge in [-0.05, 0) is 76.8 Å². The Hall–Kier alpha value is -1.24. The number of esters is 1. The fraction of sp³-hybridized carbons (Fsp3) is 0.851. The minimum absolute atomic E-state index is 0.0245. The van der Waals surface area contributed by atoms with Crippen LogP contribution in [0.4, 0.5) is 0 Å². The maximum Gasteiger partial charge on any atom is 0.322 e. The molecule has 9 nitrogen and oxygen atoms in total. The molecular formula is C47H80O9S. The maximum absolute atomic E-state index is 12.9. The normalized spacial score (nSPS) is 26.5. The Kier molecular flexibility index (Phi) is 24.1. The Balaban J connectivity index is 1.08. The number of benzene rings is 1. The van der Waals surface area contributed by atoms with Crippen LogP contribution in [0, 0.1) is 0 Å². The highest BCUT2D eigenvalue weighted by Gasteiger charge is 2.48. The topological polar surface area (TPSA) is 102 Å². The van der Waals surface area contributed by atoms with E-state index < -0.39 is 4.75 Å². The van der Waals surface area contributed by atoms with Crippen molar-refractivity contribution in [3.05, 3.63) is 30.3 Å². The molecule has 3 aliphatic heterocycles. The van der Waals surface area contributed by atoms with Crippen LogP contribution in [0.1, 0.15) is 174 Å². The predicted molar refractivity (Wildman–Crippen MR) is 229 cm³/mol. The number of cyclic esters (lactones) is 1. The molecule has 1 N–H and O–H groups in total. The molecule has 3 aliphatic rings. The summed E-state index contributed by atoms with van der Waals surface area (Å²) in [6.07, 6.45) is 26.9. The van der Waals surface area contributed by atoms with Crippen LogP contribution in [-0.4, -0.2) is 92.5 Å². The molecule has 10 heteroatoms. The largest absolute Gasteiger partial charge is 0.462 e. The van der Waals surface area contributed by atoms with E-state index in [1.807, 2.05) is 25.1 Å². The van der Waals surface area contributed by atoms with Gasteiger partial charge in [0, 0.05) is 25.5 Å². The molecule has 0 radical (unpaired) electrons. The van der Waals surface area contributed by atoms with Crippen LogP contribution in [0.25, 0.3) is 0 Å². The van der Waals surface area contributed by atoms with E-state index >= 15 is 0 Å². The molecule has 1 aromatic rings. The average Bonchev–Trinajstić information content (AvgIpc) is 3.96. The van der Waals surface area contributed by atoms with Crippen molar-refractivity contribution >= 4 is 17.7 Å². The first-order valence-corrected chi connectivity index (χ1v) is 23.8. The number of thioether (sulfide) groups is 1. The van der Waals surface area contributed by atoms with E-state index in [4.69, 9.17) is 33.2 Å². The van der Waals surface area contributed by atoms with E-state index in [2.05, 4.69) is 19.1 Å².